The molecule has 0 aromatic carbocycles. The normalized spacial score (nSPS) is 17.3. The van der Waals surface area contributed by atoms with E-state index >= 15 is 0 Å². The lowest BCUT2D eigenvalue weighted by Gasteiger charge is -2.24. The molecule has 0 atom stereocenters. The Kier molecular flexibility index (Phi) is 4.34. The Morgan fingerprint density at radius 3 is 2.87 bits per heavy atom. The number of hydrogen-bond donors (Lipinski definition) is 2. The first-order chi connectivity index (χ1) is 14.9. The minimum absolute atomic E-state index is 0.472. The van der Waals surface area contributed by atoms with Crippen LogP contribution in [0.1, 0.15) is 49.3 Å². The van der Waals surface area contributed by atoms with Gasteiger partial charge in [0.2, 0.25) is 5.95 Å². The molecule has 0 radical (unpaired) electrons. The van der Waals surface area contributed by atoms with Crippen LogP contribution in [0.2, 0.25) is 0 Å². The van der Waals surface area contributed by atoms with E-state index in [4.69, 9.17) is 4.98 Å². The largest absolute Gasteiger partial charge is 0.321 e. The molecular formula is C23H25N7. The van der Waals surface area contributed by atoms with Crippen molar-refractivity contribution in [2.24, 2.45) is 0 Å². The van der Waals surface area contributed by atoms with E-state index in [1.54, 1.807) is 0 Å². The zero-order chi connectivity index (χ0) is 19.9. The molecule has 0 bridgehead atoms. The molecule has 2 N–H and O–H groups in total. The molecule has 152 valence electrons. The molecular weight excluding hydrogens is 374 g/mol. The van der Waals surface area contributed by atoms with Gasteiger partial charge in [-0.3, -0.25) is 4.98 Å². The highest BCUT2D eigenvalue weighted by atomic mass is 15.2. The minimum atomic E-state index is 0.472. The number of rotatable bonds is 3. The fraction of sp³-hybridized carbons (Fsp3) is 0.391. The SMILES string of the molecule is c1cc2c3cnc(Nc4cc5c(cn4)CNCC5)nc3n(C3CCCCC3)c2cn1. The van der Waals surface area contributed by atoms with E-state index in [2.05, 4.69) is 42.3 Å². The minimum Gasteiger partial charge on any atom is -0.321 e. The molecule has 6 rings (SSSR count). The summed E-state index contributed by atoms with van der Waals surface area (Å²) in [6, 6.07) is 4.68. The van der Waals surface area contributed by atoms with Gasteiger partial charge in [-0.15, -0.1) is 0 Å². The highest BCUT2D eigenvalue weighted by molar-refractivity contribution is 6.06. The molecule has 0 amide bonds. The summed E-state index contributed by atoms with van der Waals surface area (Å²) >= 11 is 0. The Morgan fingerprint density at radius 2 is 1.93 bits per heavy atom. The third-order valence-electron chi connectivity index (χ3n) is 6.50. The smallest absolute Gasteiger partial charge is 0.230 e. The first-order valence-corrected chi connectivity index (χ1v) is 10.9. The summed E-state index contributed by atoms with van der Waals surface area (Å²) in [5.41, 5.74) is 4.76. The van der Waals surface area contributed by atoms with Crippen LogP contribution < -0.4 is 10.6 Å². The van der Waals surface area contributed by atoms with Gasteiger partial charge in [-0.25, -0.2) is 9.97 Å². The summed E-state index contributed by atoms with van der Waals surface area (Å²) in [6.45, 7) is 1.90. The Morgan fingerprint density at radius 1 is 1.00 bits per heavy atom. The predicted molar refractivity (Wildman–Crippen MR) is 118 cm³/mol. The number of nitrogens with one attached hydrogen (secondary N) is 2. The Hall–Kier alpha value is -3.06. The molecule has 7 heteroatoms. The van der Waals surface area contributed by atoms with Gasteiger partial charge in [0.25, 0.3) is 0 Å². The van der Waals surface area contributed by atoms with Crippen molar-refractivity contribution in [2.45, 2.75) is 51.1 Å². The van der Waals surface area contributed by atoms with Crippen molar-refractivity contribution >= 4 is 33.7 Å². The molecule has 0 spiro atoms. The fourth-order valence-corrected chi connectivity index (χ4v) is 4.98. The molecule has 7 nitrogen and oxygen atoms in total. The van der Waals surface area contributed by atoms with Gasteiger partial charge in [0.1, 0.15) is 11.5 Å². The first kappa shape index (κ1) is 17.8. The van der Waals surface area contributed by atoms with Crippen LogP contribution in [0.5, 0.6) is 0 Å². The van der Waals surface area contributed by atoms with Gasteiger partial charge in [0.15, 0.2) is 0 Å². The second-order valence-electron chi connectivity index (χ2n) is 8.38. The number of aromatic nitrogens is 5. The van der Waals surface area contributed by atoms with Crippen molar-refractivity contribution in [3.8, 4) is 0 Å². The Bertz CT molecular complexity index is 1220. The lowest BCUT2D eigenvalue weighted by molar-refractivity contribution is 0.366. The van der Waals surface area contributed by atoms with Gasteiger partial charge >= 0.3 is 0 Å². The number of nitrogens with zero attached hydrogens (tertiary/aromatic N) is 5. The predicted octanol–water partition coefficient (Wildman–Crippen LogP) is 4.27. The van der Waals surface area contributed by atoms with E-state index in [0.29, 0.717) is 12.0 Å². The Labute approximate surface area is 175 Å². The number of anilines is 2. The van der Waals surface area contributed by atoms with Crippen molar-refractivity contribution in [1.29, 1.82) is 0 Å². The zero-order valence-corrected chi connectivity index (χ0v) is 16.9. The summed E-state index contributed by atoms with van der Waals surface area (Å²) in [5.74, 6) is 1.40. The standard InChI is InChI=1S/C23H25N7/c1-2-4-17(5-3-1)30-20-14-25-9-7-18(20)19-13-27-23(29-22(19)30)28-21-10-15-6-8-24-11-16(15)12-26-21/h7,9-10,12-14,17,24H,1-6,8,11H2,(H,26,27,28,29). The van der Waals surface area contributed by atoms with Gasteiger partial charge in [-0.2, -0.15) is 4.98 Å². The van der Waals surface area contributed by atoms with Gasteiger partial charge in [0.05, 0.1) is 11.7 Å². The molecule has 30 heavy (non-hydrogen) atoms. The summed E-state index contributed by atoms with van der Waals surface area (Å²) < 4.78 is 2.40. The third kappa shape index (κ3) is 3.01. The van der Waals surface area contributed by atoms with Crippen LogP contribution in [-0.2, 0) is 13.0 Å². The average Bonchev–Trinajstić information content (AvgIpc) is 3.13. The molecule has 1 saturated carbocycles. The van der Waals surface area contributed by atoms with E-state index in [1.165, 1.54) is 48.6 Å². The van der Waals surface area contributed by atoms with Crippen molar-refractivity contribution in [3.63, 3.8) is 0 Å². The monoisotopic (exact) mass is 399 g/mol. The molecule has 5 heterocycles. The summed E-state index contributed by atoms with van der Waals surface area (Å²) in [5, 5.41) is 8.99. The molecule has 1 aliphatic carbocycles. The van der Waals surface area contributed by atoms with E-state index in [0.717, 1.165) is 41.9 Å². The van der Waals surface area contributed by atoms with Crippen LogP contribution in [0.3, 0.4) is 0 Å². The van der Waals surface area contributed by atoms with E-state index in [1.807, 2.05) is 24.8 Å². The molecule has 2 aliphatic rings. The maximum absolute atomic E-state index is 4.96. The zero-order valence-electron chi connectivity index (χ0n) is 16.9. The topological polar surface area (TPSA) is 80.5 Å². The lowest BCUT2D eigenvalue weighted by atomic mass is 9.95. The molecule has 4 aromatic rings. The van der Waals surface area contributed by atoms with Crippen LogP contribution in [0.15, 0.2) is 36.9 Å². The van der Waals surface area contributed by atoms with Crippen molar-refractivity contribution in [3.05, 3.63) is 48.0 Å². The fourth-order valence-electron chi connectivity index (χ4n) is 4.98. The van der Waals surface area contributed by atoms with Crippen LogP contribution >= 0.6 is 0 Å². The molecule has 0 unspecified atom stereocenters. The van der Waals surface area contributed by atoms with Crippen LogP contribution in [0.25, 0.3) is 21.9 Å². The highest BCUT2D eigenvalue weighted by Gasteiger charge is 2.22. The highest BCUT2D eigenvalue weighted by Crippen LogP contribution is 2.36. The van der Waals surface area contributed by atoms with Crippen LogP contribution in [0.4, 0.5) is 11.8 Å². The summed E-state index contributed by atoms with van der Waals surface area (Å²) in [4.78, 5) is 18.5. The molecule has 4 aromatic heterocycles. The van der Waals surface area contributed by atoms with Crippen LogP contribution in [-0.4, -0.2) is 31.0 Å². The lowest BCUT2D eigenvalue weighted by Crippen LogP contribution is -2.23. The Balaban J connectivity index is 1.43. The van der Waals surface area contributed by atoms with E-state index in [-0.39, 0.29) is 0 Å². The van der Waals surface area contributed by atoms with Gasteiger partial charge < -0.3 is 15.2 Å². The second-order valence-corrected chi connectivity index (χ2v) is 8.38. The molecule has 1 fully saturated rings. The molecule has 1 aliphatic heterocycles. The molecule has 0 saturated heterocycles. The van der Waals surface area contributed by atoms with Crippen molar-refractivity contribution in [1.82, 2.24) is 29.8 Å². The first-order valence-electron chi connectivity index (χ1n) is 10.9. The van der Waals surface area contributed by atoms with Crippen molar-refractivity contribution < 1.29 is 0 Å². The maximum Gasteiger partial charge on any atom is 0.230 e. The maximum atomic E-state index is 4.96. The van der Waals surface area contributed by atoms with Crippen LogP contribution in [0, 0.1) is 0 Å². The van der Waals surface area contributed by atoms with Gasteiger partial charge in [0, 0.05) is 41.9 Å². The number of fused-ring (bicyclic) bond motifs is 4. The summed E-state index contributed by atoms with van der Waals surface area (Å²) in [7, 11) is 0. The van der Waals surface area contributed by atoms with Crippen molar-refractivity contribution in [2.75, 3.05) is 11.9 Å². The number of hydrogen-bond acceptors (Lipinski definition) is 6. The summed E-state index contributed by atoms with van der Waals surface area (Å²) in [6.07, 6.45) is 15.0. The average molecular weight is 400 g/mol. The number of pyridine rings is 2. The second kappa shape index (κ2) is 7.32. The van der Waals surface area contributed by atoms with E-state index in [9.17, 15) is 0 Å². The quantitative estimate of drug-likeness (QED) is 0.536. The third-order valence-corrected chi connectivity index (χ3v) is 6.50. The van der Waals surface area contributed by atoms with Gasteiger partial charge in [-0.1, -0.05) is 19.3 Å². The van der Waals surface area contributed by atoms with E-state index < -0.39 is 0 Å². The van der Waals surface area contributed by atoms with Gasteiger partial charge in [-0.05, 0) is 49.1 Å².